The summed E-state index contributed by atoms with van der Waals surface area (Å²) < 4.78 is 3.17. The summed E-state index contributed by atoms with van der Waals surface area (Å²) in [5.74, 6) is 0. The first kappa shape index (κ1) is 11.7. The lowest BCUT2D eigenvalue weighted by atomic mass is 10.2. The second-order valence-electron chi connectivity index (χ2n) is 4.14. The molecule has 0 atom stereocenters. The topological polar surface area (TPSA) is 59.9 Å². The highest BCUT2D eigenvalue weighted by Gasteiger charge is 2.08. The maximum atomic E-state index is 10.6. The van der Waals surface area contributed by atoms with Crippen molar-refractivity contribution >= 4 is 27.2 Å². The van der Waals surface area contributed by atoms with Crippen LogP contribution in [0.4, 0.5) is 5.69 Å². The number of hydrogen-bond donors (Lipinski definition) is 0. The van der Waals surface area contributed by atoms with E-state index < -0.39 is 0 Å². The molecule has 3 rings (SSSR count). The van der Waals surface area contributed by atoms with Crippen molar-refractivity contribution < 1.29 is 9.49 Å². The highest BCUT2D eigenvalue weighted by Crippen LogP contribution is 2.15. The lowest BCUT2D eigenvalue weighted by molar-refractivity contribution is -0.687. The van der Waals surface area contributed by atoms with Gasteiger partial charge in [0.05, 0.1) is 16.0 Å². The van der Waals surface area contributed by atoms with Gasteiger partial charge in [0, 0.05) is 23.8 Å². The van der Waals surface area contributed by atoms with Crippen molar-refractivity contribution in [3.8, 4) is 0 Å². The molecule has 0 unspecified atom stereocenters. The highest BCUT2D eigenvalue weighted by atomic mass is 32.1. The highest BCUT2D eigenvalue weighted by molar-refractivity contribution is 7.16. The monoisotopic (exact) mass is 272 g/mol. The zero-order chi connectivity index (χ0) is 13.2. The average molecular weight is 272 g/mol. The van der Waals surface area contributed by atoms with Crippen LogP contribution in [0.2, 0.25) is 0 Å². The lowest BCUT2D eigenvalue weighted by Crippen LogP contribution is -2.32. The number of fused-ring (bicyclic) bond motifs is 1. The van der Waals surface area contributed by atoms with Crippen LogP contribution in [0.1, 0.15) is 5.56 Å². The van der Waals surface area contributed by atoms with Gasteiger partial charge in [-0.15, -0.1) is 11.3 Å². The predicted octanol–water partition coefficient (Wildman–Crippen LogP) is 2.54. The number of aromatic nitrogens is 2. The van der Waals surface area contributed by atoms with Crippen molar-refractivity contribution in [2.45, 2.75) is 6.54 Å². The summed E-state index contributed by atoms with van der Waals surface area (Å²) in [6.45, 7) is 0.686. The molecule has 5 nitrogen and oxygen atoms in total. The van der Waals surface area contributed by atoms with Gasteiger partial charge in [0.1, 0.15) is 4.70 Å². The van der Waals surface area contributed by atoms with Gasteiger partial charge in [-0.25, -0.2) is 4.98 Å². The van der Waals surface area contributed by atoms with E-state index in [1.807, 2.05) is 28.5 Å². The molecule has 0 aliphatic rings. The Labute approximate surface area is 112 Å². The molecule has 0 amide bonds. The summed E-state index contributed by atoms with van der Waals surface area (Å²) >= 11 is 1.60. The van der Waals surface area contributed by atoms with Crippen LogP contribution in [-0.4, -0.2) is 9.91 Å². The van der Waals surface area contributed by atoms with Gasteiger partial charge in [0.2, 0.25) is 0 Å². The maximum Gasteiger partial charge on any atom is 0.269 e. The lowest BCUT2D eigenvalue weighted by Gasteiger charge is -1.98. The van der Waals surface area contributed by atoms with E-state index in [1.54, 1.807) is 23.5 Å². The van der Waals surface area contributed by atoms with E-state index in [2.05, 4.69) is 4.98 Å². The quantitative estimate of drug-likeness (QED) is 0.418. The van der Waals surface area contributed by atoms with Crippen LogP contribution in [0.3, 0.4) is 0 Å². The second-order valence-corrected chi connectivity index (χ2v) is 5.03. The minimum atomic E-state index is -0.389. The molecule has 94 valence electrons. The van der Waals surface area contributed by atoms with Gasteiger partial charge in [-0.1, -0.05) is 0 Å². The third-order valence-electron chi connectivity index (χ3n) is 2.84. The van der Waals surface area contributed by atoms with Gasteiger partial charge in [-0.2, -0.15) is 4.57 Å². The Kier molecular flexibility index (Phi) is 2.92. The molecule has 0 saturated carbocycles. The Morgan fingerprint density at radius 2 is 2.05 bits per heavy atom. The summed E-state index contributed by atoms with van der Waals surface area (Å²) in [6.07, 6.45) is 4.00. The van der Waals surface area contributed by atoms with Crippen LogP contribution in [0, 0.1) is 10.1 Å². The summed E-state index contributed by atoms with van der Waals surface area (Å²) in [6, 6.07) is 8.59. The summed E-state index contributed by atoms with van der Waals surface area (Å²) in [5.41, 5.74) is 3.96. The summed E-state index contributed by atoms with van der Waals surface area (Å²) in [4.78, 5) is 14.4. The molecule has 0 spiro atoms. The second kappa shape index (κ2) is 4.74. The first-order valence-electron chi connectivity index (χ1n) is 5.68. The molecule has 3 aromatic rings. The van der Waals surface area contributed by atoms with Crippen molar-refractivity contribution in [3.05, 3.63) is 63.9 Å². The van der Waals surface area contributed by atoms with E-state index in [1.165, 1.54) is 12.1 Å². The van der Waals surface area contributed by atoms with E-state index >= 15 is 0 Å². The van der Waals surface area contributed by atoms with Crippen LogP contribution in [-0.2, 0) is 6.54 Å². The standard InChI is InChI=1S/C13H10N3O2S/c17-16(18)11-3-1-10(2-4-11)7-15-6-5-12-13(8-15)19-9-14-12/h1-6,8-9H,7H2/q+1. The van der Waals surface area contributed by atoms with Gasteiger partial charge in [-0.3, -0.25) is 10.1 Å². The van der Waals surface area contributed by atoms with E-state index in [0.717, 1.165) is 15.8 Å². The number of pyridine rings is 1. The third kappa shape index (κ3) is 2.43. The zero-order valence-corrected chi connectivity index (χ0v) is 10.7. The minimum absolute atomic E-state index is 0.117. The van der Waals surface area contributed by atoms with E-state index in [-0.39, 0.29) is 10.6 Å². The van der Waals surface area contributed by atoms with Crippen LogP contribution < -0.4 is 4.57 Å². The zero-order valence-electron chi connectivity index (χ0n) is 9.89. The fraction of sp³-hybridized carbons (Fsp3) is 0.0769. The number of rotatable bonds is 3. The maximum absolute atomic E-state index is 10.6. The van der Waals surface area contributed by atoms with Crippen molar-refractivity contribution in [1.82, 2.24) is 4.98 Å². The van der Waals surface area contributed by atoms with Crippen molar-refractivity contribution in [1.29, 1.82) is 0 Å². The molecule has 0 fully saturated rings. The molecular weight excluding hydrogens is 262 g/mol. The van der Waals surface area contributed by atoms with Crippen LogP contribution in [0.25, 0.3) is 10.2 Å². The number of nitro benzene ring substituents is 1. The number of non-ortho nitro benzene ring substituents is 1. The molecule has 19 heavy (non-hydrogen) atoms. The van der Waals surface area contributed by atoms with E-state index in [4.69, 9.17) is 0 Å². The van der Waals surface area contributed by atoms with Crippen molar-refractivity contribution in [2.75, 3.05) is 0 Å². The first-order valence-corrected chi connectivity index (χ1v) is 6.56. The molecule has 0 aliphatic heterocycles. The molecule has 0 aliphatic carbocycles. The fourth-order valence-corrected chi connectivity index (χ4v) is 2.60. The SMILES string of the molecule is O=[N+]([O-])c1ccc(C[n+]2ccc3ncsc3c2)cc1. The molecule has 6 heteroatoms. The van der Waals surface area contributed by atoms with Gasteiger partial charge >= 0.3 is 0 Å². The fourth-order valence-electron chi connectivity index (χ4n) is 1.88. The average Bonchev–Trinajstić information content (AvgIpc) is 2.87. The van der Waals surface area contributed by atoms with Crippen LogP contribution in [0.15, 0.2) is 48.2 Å². The largest absolute Gasteiger partial charge is 0.269 e. The Bertz CT molecular complexity index is 737. The Balaban J connectivity index is 1.85. The van der Waals surface area contributed by atoms with Gasteiger partial charge < -0.3 is 0 Å². The number of nitrogens with zero attached hydrogens (tertiary/aromatic N) is 3. The number of nitro groups is 1. The molecular formula is C13H10N3O2S+. The molecule has 0 radical (unpaired) electrons. The van der Waals surface area contributed by atoms with Gasteiger partial charge in [0.25, 0.3) is 5.69 Å². The van der Waals surface area contributed by atoms with Crippen LogP contribution >= 0.6 is 11.3 Å². The first-order chi connectivity index (χ1) is 9.22. The molecule has 0 saturated heterocycles. The Morgan fingerprint density at radius 1 is 1.26 bits per heavy atom. The van der Waals surface area contributed by atoms with Gasteiger partial charge in [0.15, 0.2) is 18.9 Å². The summed E-state index contributed by atoms with van der Waals surface area (Å²) in [7, 11) is 0. The smallest absolute Gasteiger partial charge is 0.258 e. The Hall–Kier alpha value is -2.34. The number of benzene rings is 1. The van der Waals surface area contributed by atoms with Crippen LogP contribution in [0.5, 0.6) is 0 Å². The normalized spacial score (nSPS) is 10.7. The van der Waals surface area contributed by atoms with E-state index in [9.17, 15) is 10.1 Å². The number of hydrogen-bond acceptors (Lipinski definition) is 4. The Morgan fingerprint density at radius 3 is 2.79 bits per heavy atom. The third-order valence-corrected chi connectivity index (χ3v) is 3.62. The molecule has 0 bridgehead atoms. The predicted molar refractivity (Wildman–Crippen MR) is 72.0 cm³/mol. The minimum Gasteiger partial charge on any atom is -0.258 e. The molecule has 2 heterocycles. The molecule has 2 aromatic heterocycles. The molecule has 1 aromatic carbocycles. The molecule has 0 N–H and O–H groups in total. The van der Waals surface area contributed by atoms with E-state index in [0.29, 0.717) is 6.54 Å². The summed E-state index contributed by atoms with van der Waals surface area (Å²) in [5, 5.41) is 10.6. The van der Waals surface area contributed by atoms with Crippen molar-refractivity contribution in [3.63, 3.8) is 0 Å². The van der Waals surface area contributed by atoms with Gasteiger partial charge in [-0.05, 0) is 12.1 Å². The van der Waals surface area contributed by atoms with Crippen molar-refractivity contribution in [2.24, 2.45) is 0 Å². The number of thiazole rings is 1.